The highest BCUT2D eigenvalue weighted by Crippen LogP contribution is 2.29. The van der Waals surface area contributed by atoms with Crippen molar-refractivity contribution in [3.05, 3.63) is 63.4 Å². The van der Waals surface area contributed by atoms with Crippen LogP contribution in [0.1, 0.15) is 11.5 Å². The topological polar surface area (TPSA) is 70.2 Å². The van der Waals surface area contributed by atoms with Crippen LogP contribution in [-0.2, 0) is 12.7 Å². The molecule has 0 fully saturated rings. The van der Waals surface area contributed by atoms with Gasteiger partial charge in [-0.05, 0) is 30.3 Å². The van der Waals surface area contributed by atoms with Crippen molar-refractivity contribution < 1.29 is 22.3 Å². The number of hydrogen-bond donors (Lipinski definition) is 0. The molecule has 0 aliphatic carbocycles. The van der Waals surface area contributed by atoms with Crippen LogP contribution < -0.4 is 10.3 Å². The van der Waals surface area contributed by atoms with Crippen LogP contribution in [0.15, 0.2) is 45.7 Å². The second kappa shape index (κ2) is 6.83. The molecule has 2 heterocycles. The van der Waals surface area contributed by atoms with E-state index >= 15 is 0 Å². The van der Waals surface area contributed by atoms with Crippen molar-refractivity contribution in [1.29, 1.82) is 0 Å². The minimum atomic E-state index is -4.64. The first-order chi connectivity index (χ1) is 12.3. The Bertz CT molecular complexity index is 981. The summed E-state index contributed by atoms with van der Waals surface area (Å²) in [6, 6.07) is 7.33. The van der Waals surface area contributed by atoms with Crippen molar-refractivity contribution in [2.24, 2.45) is 0 Å². The number of alkyl halides is 3. The van der Waals surface area contributed by atoms with Crippen molar-refractivity contribution in [1.82, 2.24) is 14.8 Å². The quantitative estimate of drug-likeness (QED) is 0.686. The Morgan fingerprint density at radius 2 is 1.92 bits per heavy atom. The van der Waals surface area contributed by atoms with E-state index in [0.717, 1.165) is 4.57 Å². The largest absolute Gasteiger partial charge is 0.497 e. The molecule has 0 atom stereocenters. The van der Waals surface area contributed by atoms with Gasteiger partial charge in [0.1, 0.15) is 17.3 Å². The van der Waals surface area contributed by atoms with Gasteiger partial charge >= 0.3 is 6.18 Å². The van der Waals surface area contributed by atoms with Gasteiger partial charge in [-0.2, -0.15) is 13.2 Å². The van der Waals surface area contributed by atoms with E-state index in [9.17, 15) is 18.0 Å². The molecule has 136 valence electrons. The van der Waals surface area contributed by atoms with E-state index < -0.39 is 22.3 Å². The summed E-state index contributed by atoms with van der Waals surface area (Å²) in [5, 5.41) is 7.05. The molecule has 0 aliphatic heterocycles. The Morgan fingerprint density at radius 3 is 2.54 bits per heavy atom. The minimum absolute atomic E-state index is 0.0340. The number of nitrogens with zero attached hydrogens (tertiary/aromatic N) is 3. The maximum atomic E-state index is 12.9. The molecule has 2 aromatic heterocycles. The number of methoxy groups -OCH3 is 1. The van der Waals surface area contributed by atoms with Crippen LogP contribution in [0.2, 0.25) is 5.02 Å². The minimum Gasteiger partial charge on any atom is -0.497 e. The summed E-state index contributed by atoms with van der Waals surface area (Å²) < 4.78 is 49.8. The van der Waals surface area contributed by atoms with Gasteiger partial charge in [-0.25, -0.2) is 0 Å². The first kappa shape index (κ1) is 18.0. The van der Waals surface area contributed by atoms with Gasteiger partial charge in [0.05, 0.1) is 12.7 Å². The van der Waals surface area contributed by atoms with Gasteiger partial charge in [-0.15, -0.1) is 10.2 Å². The molecule has 0 saturated carbocycles. The molecule has 0 N–H and O–H groups in total. The normalized spacial score (nSPS) is 11.6. The number of ether oxygens (including phenoxy) is 1. The van der Waals surface area contributed by atoms with Crippen molar-refractivity contribution in [3.8, 4) is 17.2 Å². The monoisotopic (exact) mass is 385 g/mol. The van der Waals surface area contributed by atoms with Crippen LogP contribution in [0.25, 0.3) is 11.5 Å². The summed E-state index contributed by atoms with van der Waals surface area (Å²) in [5.41, 5.74) is -1.24. The van der Waals surface area contributed by atoms with E-state index in [1.807, 2.05) is 0 Å². The van der Waals surface area contributed by atoms with E-state index in [-0.39, 0.29) is 18.3 Å². The molecule has 6 nitrogen and oxygen atoms in total. The van der Waals surface area contributed by atoms with E-state index in [4.69, 9.17) is 20.8 Å². The smallest absolute Gasteiger partial charge is 0.417 e. The molecular weight excluding hydrogens is 375 g/mol. The molecule has 0 saturated heterocycles. The molecule has 0 amide bonds. The van der Waals surface area contributed by atoms with Crippen LogP contribution in [0.5, 0.6) is 5.75 Å². The average Bonchev–Trinajstić information content (AvgIpc) is 3.06. The number of rotatable bonds is 4. The van der Waals surface area contributed by atoms with E-state index in [0.29, 0.717) is 23.6 Å². The highest BCUT2D eigenvalue weighted by molar-refractivity contribution is 6.30. The maximum absolute atomic E-state index is 12.9. The first-order valence-electron chi connectivity index (χ1n) is 7.22. The van der Waals surface area contributed by atoms with Gasteiger partial charge in [0.15, 0.2) is 0 Å². The molecule has 0 radical (unpaired) electrons. The fourth-order valence-electron chi connectivity index (χ4n) is 2.19. The fraction of sp³-hybridized carbons (Fsp3) is 0.188. The molecule has 3 rings (SSSR count). The summed E-state index contributed by atoms with van der Waals surface area (Å²) in [4.78, 5) is 12.0. The third-order valence-electron chi connectivity index (χ3n) is 3.48. The third-order valence-corrected chi connectivity index (χ3v) is 3.75. The van der Waals surface area contributed by atoms with Crippen molar-refractivity contribution in [2.45, 2.75) is 12.7 Å². The summed E-state index contributed by atoms with van der Waals surface area (Å²) in [6.07, 6.45) is -3.98. The predicted molar refractivity (Wildman–Crippen MR) is 86.1 cm³/mol. The standard InChI is InChI=1S/C16H11ClF3N3O3/c1-25-11-4-2-9(3-5-11)14-22-21-13(26-14)8-23-7-10(16(18,19)20)6-12(17)15(23)24/h2-7H,8H2,1H3. The zero-order chi connectivity index (χ0) is 18.9. The third kappa shape index (κ3) is 3.72. The van der Waals surface area contributed by atoms with Gasteiger partial charge in [0.25, 0.3) is 5.56 Å². The molecule has 10 heteroatoms. The Kier molecular flexibility index (Phi) is 4.73. The molecule has 3 aromatic rings. The molecule has 0 unspecified atom stereocenters. The Labute approximate surface area is 149 Å². The van der Waals surface area contributed by atoms with Crippen molar-refractivity contribution >= 4 is 11.6 Å². The number of pyridine rings is 1. The lowest BCUT2D eigenvalue weighted by Gasteiger charge is -2.10. The fourth-order valence-corrected chi connectivity index (χ4v) is 2.41. The van der Waals surface area contributed by atoms with Gasteiger partial charge in [0.2, 0.25) is 11.8 Å². The Morgan fingerprint density at radius 1 is 1.23 bits per heavy atom. The van der Waals surface area contributed by atoms with Crippen molar-refractivity contribution in [2.75, 3.05) is 7.11 Å². The van der Waals surface area contributed by atoms with Gasteiger partial charge in [-0.1, -0.05) is 11.6 Å². The second-order valence-corrected chi connectivity index (χ2v) is 5.64. The lowest BCUT2D eigenvalue weighted by Crippen LogP contribution is -2.23. The van der Waals surface area contributed by atoms with Crippen LogP contribution in [0.3, 0.4) is 0 Å². The van der Waals surface area contributed by atoms with Crippen LogP contribution in [0, 0.1) is 0 Å². The lowest BCUT2D eigenvalue weighted by molar-refractivity contribution is -0.138. The predicted octanol–water partition coefficient (Wildman–Crippen LogP) is 3.63. The highest BCUT2D eigenvalue weighted by atomic mass is 35.5. The molecule has 0 spiro atoms. The van der Waals surface area contributed by atoms with E-state index in [1.54, 1.807) is 24.3 Å². The summed E-state index contributed by atoms with van der Waals surface area (Å²) in [5.74, 6) is 0.765. The Hall–Kier alpha value is -2.81. The molecule has 1 aromatic carbocycles. The Balaban J connectivity index is 1.89. The van der Waals surface area contributed by atoms with Gasteiger partial charge in [0, 0.05) is 11.8 Å². The molecule has 0 bridgehead atoms. The summed E-state index contributed by atoms with van der Waals surface area (Å²) >= 11 is 5.61. The summed E-state index contributed by atoms with van der Waals surface area (Å²) in [7, 11) is 1.53. The molecule has 0 aliphatic rings. The zero-order valence-corrected chi connectivity index (χ0v) is 14.0. The SMILES string of the molecule is COc1ccc(-c2nnc(Cn3cc(C(F)(F)F)cc(Cl)c3=O)o2)cc1. The maximum Gasteiger partial charge on any atom is 0.417 e. The molecule has 26 heavy (non-hydrogen) atoms. The van der Waals surface area contributed by atoms with Crippen LogP contribution in [0.4, 0.5) is 13.2 Å². The number of benzene rings is 1. The summed E-state index contributed by atoms with van der Waals surface area (Å²) in [6.45, 7) is -0.342. The highest BCUT2D eigenvalue weighted by Gasteiger charge is 2.32. The number of halogens is 4. The molecular formula is C16H11ClF3N3O3. The van der Waals surface area contributed by atoms with Crippen LogP contribution >= 0.6 is 11.6 Å². The first-order valence-corrected chi connectivity index (χ1v) is 7.59. The van der Waals surface area contributed by atoms with E-state index in [2.05, 4.69) is 10.2 Å². The van der Waals surface area contributed by atoms with Crippen LogP contribution in [-0.4, -0.2) is 21.9 Å². The lowest BCUT2D eigenvalue weighted by atomic mass is 10.2. The van der Waals surface area contributed by atoms with E-state index in [1.165, 1.54) is 7.11 Å². The van der Waals surface area contributed by atoms with Gasteiger partial charge < -0.3 is 13.7 Å². The van der Waals surface area contributed by atoms with Crippen molar-refractivity contribution in [3.63, 3.8) is 0 Å². The van der Waals surface area contributed by atoms with Gasteiger partial charge in [-0.3, -0.25) is 4.79 Å². The zero-order valence-electron chi connectivity index (χ0n) is 13.2. The average molecular weight is 386 g/mol. The second-order valence-electron chi connectivity index (χ2n) is 5.24. The number of hydrogen-bond acceptors (Lipinski definition) is 5. The number of aromatic nitrogens is 3.